The number of hydrogen-bond donors (Lipinski definition) is 3. The molecule has 1 heterocycles. The lowest BCUT2D eigenvalue weighted by molar-refractivity contribution is 0.255. The third-order valence-corrected chi connectivity index (χ3v) is 3.91. The molecule has 1 unspecified atom stereocenters. The summed E-state index contributed by atoms with van der Waals surface area (Å²) in [6, 6.07) is 0. The van der Waals surface area contributed by atoms with Crippen LogP contribution in [0.25, 0.3) is 0 Å². The van der Waals surface area contributed by atoms with Crippen LogP contribution < -0.4 is 0 Å². The maximum Gasteiger partial charge on any atom is 0.347 e. The van der Waals surface area contributed by atoms with E-state index in [9.17, 15) is 4.57 Å². The van der Waals surface area contributed by atoms with Crippen LogP contribution in [0.3, 0.4) is 0 Å². The molecule has 1 rings (SSSR count). The fraction of sp³-hybridized carbons (Fsp3) is 0.833. The fourth-order valence-corrected chi connectivity index (χ4v) is 3.23. The van der Waals surface area contributed by atoms with Crippen molar-refractivity contribution in [2.45, 2.75) is 25.0 Å². The van der Waals surface area contributed by atoms with Gasteiger partial charge in [-0.1, -0.05) is 12.2 Å². The first kappa shape index (κ1) is 11.5. The van der Waals surface area contributed by atoms with Gasteiger partial charge >= 0.3 is 7.60 Å². The van der Waals surface area contributed by atoms with Gasteiger partial charge in [0.1, 0.15) is 10.1 Å². The maximum atomic E-state index is 11.1. The lowest BCUT2D eigenvalue weighted by atomic mass is 10.1. The predicted octanol–water partition coefficient (Wildman–Crippen LogP) is 1.19. The van der Waals surface area contributed by atoms with Crippen molar-refractivity contribution < 1.29 is 14.4 Å². The number of nitrogens with zero attached hydrogens (tertiary/aromatic N) is 1. The quantitative estimate of drug-likeness (QED) is 0.366. The normalized spacial score (nSPS) is 24.5. The van der Waals surface area contributed by atoms with Crippen molar-refractivity contribution in [2.75, 3.05) is 6.54 Å². The number of likely N-dealkylation sites (tertiary alicyclic amines) is 1. The van der Waals surface area contributed by atoms with E-state index < -0.39 is 13.4 Å². The highest BCUT2D eigenvalue weighted by atomic mass is 32.1. The Hall–Kier alpha value is 0.390. The zero-order valence-corrected chi connectivity index (χ0v) is 9.56. The molecular formula is C6H12NO3PS2. The highest BCUT2D eigenvalue weighted by molar-refractivity contribution is 8.11. The Morgan fingerprint density at radius 1 is 1.54 bits per heavy atom. The van der Waals surface area contributed by atoms with Crippen LogP contribution in [0.15, 0.2) is 0 Å². The van der Waals surface area contributed by atoms with Crippen molar-refractivity contribution in [3.05, 3.63) is 0 Å². The van der Waals surface area contributed by atoms with Crippen LogP contribution in [-0.2, 0) is 4.57 Å². The second-order valence-corrected chi connectivity index (χ2v) is 5.93. The van der Waals surface area contributed by atoms with E-state index in [1.807, 2.05) is 0 Å². The summed E-state index contributed by atoms with van der Waals surface area (Å²) < 4.78 is 11.3. The minimum absolute atomic E-state index is 0.271. The van der Waals surface area contributed by atoms with Gasteiger partial charge in [-0.05, 0) is 19.3 Å². The Kier molecular flexibility index (Phi) is 3.77. The molecule has 0 radical (unpaired) electrons. The van der Waals surface area contributed by atoms with Gasteiger partial charge in [-0.25, -0.2) is 0 Å². The van der Waals surface area contributed by atoms with Crippen molar-refractivity contribution >= 4 is 36.8 Å². The lowest BCUT2D eigenvalue weighted by Crippen LogP contribution is -2.40. The summed E-state index contributed by atoms with van der Waals surface area (Å²) in [6.07, 6.45) is 2.24. The topological polar surface area (TPSA) is 60.8 Å². The summed E-state index contributed by atoms with van der Waals surface area (Å²) in [7, 11) is -4.06. The van der Waals surface area contributed by atoms with Crippen molar-refractivity contribution in [2.24, 2.45) is 0 Å². The van der Waals surface area contributed by atoms with Gasteiger partial charge in [0.15, 0.2) is 0 Å². The van der Waals surface area contributed by atoms with Crippen LogP contribution in [0.4, 0.5) is 0 Å². The molecule has 1 fully saturated rings. The van der Waals surface area contributed by atoms with Crippen LogP contribution in [0, 0.1) is 0 Å². The number of thiol groups is 1. The number of piperidine rings is 1. The number of thiocarbonyl (C=S) groups is 1. The molecule has 1 saturated heterocycles. The van der Waals surface area contributed by atoms with E-state index >= 15 is 0 Å². The summed E-state index contributed by atoms with van der Waals surface area (Å²) >= 11 is 8.75. The second-order valence-electron chi connectivity index (χ2n) is 3.04. The van der Waals surface area contributed by atoms with Gasteiger partial charge in [0.2, 0.25) is 0 Å². The molecule has 1 aliphatic heterocycles. The zero-order chi connectivity index (χ0) is 10.1. The lowest BCUT2D eigenvalue weighted by Gasteiger charge is -2.36. The second kappa shape index (κ2) is 4.28. The van der Waals surface area contributed by atoms with E-state index in [2.05, 4.69) is 12.6 Å². The Bertz CT molecular complexity index is 254. The smallest absolute Gasteiger partial charge is 0.343 e. The number of hydrogen-bond acceptors (Lipinski definition) is 2. The van der Waals surface area contributed by atoms with Gasteiger partial charge in [0.05, 0.1) is 0 Å². The van der Waals surface area contributed by atoms with Crippen LogP contribution in [0.5, 0.6) is 0 Å². The maximum absolute atomic E-state index is 11.1. The molecule has 13 heavy (non-hydrogen) atoms. The summed E-state index contributed by atoms with van der Waals surface area (Å²) in [5.41, 5.74) is 0. The molecule has 0 bridgehead atoms. The van der Waals surface area contributed by atoms with Crippen LogP contribution in [0.2, 0.25) is 0 Å². The molecule has 7 heteroatoms. The summed E-state index contributed by atoms with van der Waals surface area (Å²) in [4.78, 5) is 19.6. The van der Waals surface area contributed by atoms with Gasteiger partial charge in [0.25, 0.3) is 0 Å². The van der Waals surface area contributed by atoms with E-state index in [0.29, 0.717) is 13.0 Å². The fourth-order valence-electron chi connectivity index (χ4n) is 1.49. The summed E-state index contributed by atoms with van der Waals surface area (Å²) in [5.74, 6) is -0.758. The predicted molar refractivity (Wildman–Crippen MR) is 58.0 cm³/mol. The molecule has 0 saturated carbocycles. The van der Waals surface area contributed by atoms with Crippen molar-refractivity contribution in [3.8, 4) is 0 Å². The molecule has 4 nitrogen and oxygen atoms in total. The Labute approximate surface area is 87.9 Å². The van der Waals surface area contributed by atoms with E-state index in [1.54, 1.807) is 0 Å². The average Bonchev–Trinajstić information content (AvgIpc) is 2.03. The molecule has 0 spiro atoms. The monoisotopic (exact) mass is 241 g/mol. The van der Waals surface area contributed by atoms with E-state index in [4.69, 9.17) is 22.0 Å². The molecule has 1 aliphatic rings. The summed E-state index contributed by atoms with van der Waals surface area (Å²) in [5, 5.41) is 0. The van der Waals surface area contributed by atoms with Gasteiger partial charge in [-0.15, -0.1) is 12.6 Å². The standard InChI is InChI=1S/C6H12NO3PS2/c8-11(9,10)5-3-1-2-4-7(5)6(12)13/h5H,1-4H2,(H,12,13)(H2,8,9,10). The molecule has 0 aromatic heterocycles. The highest BCUT2D eigenvalue weighted by Crippen LogP contribution is 2.47. The third-order valence-electron chi connectivity index (χ3n) is 2.11. The molecule has 1 atom stereocenters. The minimum atomic E-state index is -4.06. The van der Waals surface area contributed by atoms with Crippen LogP contribution >= 0.6 is 32.4 Å². The van der Waals surface area contributed by atoms with Gasteiger partial charge in [-0.3, -0.25) is 4.57 Å². The Balaban J connectivity index is 2.79. The minimum Gasteiger partial charge on any atom is -0.343 e. The Morgan fingerprint density at radius 2 is 2.15 bits per heavy atom. The van der Waals surface area contributed by atoms with E-state index in [-0.39, 0.29) is 4.32 Å². The third kappa shape index (κ3) is 2.92. The van der Waals surface area contributed by atoms with E-state index in [1.165, 1.54) is 4.90 Å². The van der Waals surface area contributed by atoms with Gasteiger partial charge in [-0.2, -0.15) is 0 Å². The Morgan fingerprint density at radius 3 is 2.54 bits per heavy atom. The average molecular weight is 241 g/mol. The highest BCUT2D eigenvalue weighted by Gasteiger charge is 2.36. The van der Waals surface area contributed by atoms with Crippen LogP contribution in [0.1, 0.15) is 19.3 Å². The number of rotatable bonds is 1. The molecular weight excluding hydrogens is 229 g/mol. The summed E-state index contributed by atoms with van der Waals surface area (Å²) in [6.45, 7) is 0.595. The van der Waals surface area contributed by atoms with Crippen molar-refractivity contribution in [1.82, 2.24) is 4.90 Å². The SMILES string of the molecule is O=P(O)(O)C1CCCCN1C(=S)S. The molecule has 0 aromatic rings. The van der Waals surface area contributed by atoms with Crippen molar-refractivity contribution in [3.63, 3.8) is 0 Å². The van der Waals surface area contributed by atoms with Crippen LogP contribution in [-0.4, -0.2) is 31.3 Å². The molecule has 0 amide bonds. The van der Waals surface area contributed by atoms with Gasteiger partial charge < -0.3 is 14.7 Å². The molecule has 0 aromatic carbocycles. The first-order valence-electron chi connectivity index (χ1n) is 3.97. The van der Waals surface area contributed by atoms with Gasteiger partial charge in [0, 0.05) is 6.54 Å². The van der Waals surface area contributed by atoms with E-state index in [0.717, 1.165) is 12.8 Å². The molecule has 76 valence electrons. The first-order valence-corrected chi connectivity index (χ1v) is 6.51. The largest absolute Gasteiger partial charge is 0.347 e. The first-order chi connectivity index (χ1) is 5.93. The molecule has 2 N–H and O–H groups in total. The molecule has 0 aliphatic carbocycles. The zero-order valence-electron chi connectivity index (χ0n) is 6.96. The van der Waals surface area contributed by atoms with Crippen molar-refractivity contribution in [1.29, 1.82) is 0 Å².